The van der Waals surface area contributed by atoms with Gasteiger partial charge >= 0.3 is 0 Å². The highest BCUT2D eigenvalue weighted by Crippen LogP contribution is 2.17. The molecule has 0 aliphatic carbocycles. The van der Waals surface area contributed by atoms with Crippen molar-refractivity contribution in [2.45, 2.75) is 25.3 Å². The van der Waals surface area contributed by atoms with Crippen LogP contribution in [0.1, 0.15) is 18.1 Å². The van der Waals surface area contributed by atoms with Gasteiger partial charge in [0.1, 0.15) is 5.82 Å². The zero-order chi connectivity index (χ0) is 19.3. The van der Waals surface area contributed by atoms with E-state index in [1.54, 1.807) is 12.1 Å². The molecule has 0 bridgehead atoms. The molecule has 0 heterocycles. The SMILES string of the molecule is CC(=O)N(CCNS(=O)(=O)c1ccc(F)c(C)c1)Cc1ccccc1Cl. The fourth-order valence-corrected chi connectivity index (χ4v) is 3.66. The van der Waals surface area contributed by atoms with Gasteiger partial charge in [-0.1, -0.05) is 29.8 Å². The molecule has 5 nitrogen and oxygen atoms in total. The maximum absolute atomic E-state index is 13.3. The number of benzene rings is 2. The zero-order valence-corrected chi connectivity index (χ0v) is 16.1. The Hall–Kier alpha value is -1.96. The zero-order valence-electron chi connectivity index (χ0n) is 14.5. The molecule has 0 spiro atoms. The molecule has 0 fully saturated rings. The van der Waals surface area contributed by atoms with E-state index < -0.39 is 15.8 Å². The van der Waals surface area contributed by atoms with Crippen molar-refractivity contribution >= 4 is 27.5 Å². The number of hydrogen-bond acceptors (Lipinski definition) is 3. The summed E-state index contributed by atoms with van der Waals surface area (Å²) in [7, 11) is -3.78. The van der Waals surface area contributed by atoms with E-state index in [1.165, 1.54) is 30.9 Å². The summed E-state index contributed by atoms with van der Waals surface area (Å²) >= 11 is 6.11. The Balaban J connectivity index is 2.02. The lowest BCUT2D eigenvalue weighted by Gasteiger charge is -2.22. The van der Waals surface area contributed by atoms with Crippen LogP contribution >= 0.6 is 11.6 Å². The molecule has 0 atom stereocenters. The first-order valence-electron chi connectivity index (χ1n) is 7.95. The second-order valence-corrected chi connectivity index (χ2v) is 8.01. The van der Waals surface area contributed by atoms with Gasteiger partial charge in [0.2, 0.25) is 15.9 Å². The smallest absolute Gasteiger partial charge is 0.240 e. The molecule has 26 heavy (non-hydrogen) atoms. The van der Waals surface area contributed by atoms with E-state index >= 15 is 0 Å². The van der Waals surface area contributed by atoms with Crippen LogP contribution in [0.3, 0.4) is 0 Å². The molecule has 0 aromatic heterocycles. The Labute approximate surface area is 157 Å². The second kappa shape index (κ2) is 8.62. The fourth-order valence-electron chi connectivity index (χ4n) is 2.36. The maximum Gasteiger partial charge on any atom is 0.240 e. The summed E-state index contributed by atoms with van der Waals surface area (Å²) in [6.07, 6.45) is 0. The van der Waals surface area contributed by atoms with Crippen molar-refractivity contribution in [2.24, 2.45) is 0 Å². The summed E-state index contributed by atoms with van der Waals surface area (Å²) in [5.74, 6) is -0.659. The monoisotopic (exact) mass is 398 g/mol. The normalized spacial score (nSPS) is 11.4. The molecule has 0 aliphatic heterocycles. The minimum absolute atomic E-state index is 0.0168. The molecular weight excluding hydrogens is 379 g/mol. The van der Waals surface area contributed by atoms with E-state index in [0.29, 0.717) is 5.02 Å². The van der Waals surface area contributed by atoms with Crippen LogP contribution in [-0.4, -0.2) is 32.3 Å². The van der Waals surface area contributed by atoms with Crippen LogP contribution < -0.4 is 4.72 Å². The minimum Gasteiger partial charge on any atom is -0.337 e. The van der Waals surface area contributed by atoms with E-state index in [4.69, 9.17) is 11.6 Å². The summed E-state index contributed by atoms with van der Waals surface area (Å²) in [6.45, 7) is 3.40. The van der Waals surface area contributed by atoms with Gasteiger partial charge in [-0.3, -0.25) is 4.79 Å². The fraction of sp³-hybridized carbons (Fsp3) is 0.278. The molecule has 0 unspecified atom stereocenters. The first kappa shape index (κ1) is 20.4. The third-order valence-electron chi connectivity index (χ3n) is 3.88. The summed E-state index contributed by atoms with van der Waals surface area (Å²) < 4.78 is 40.3. The number of nitrogens with one attached hydrogen (secondary N) is 1. The van der Waals surface area contributed by atoms with Crippen LogP contribution in [0.25, 0.3) is 0 Å². The molecule has 0 saturated heterocycles. The van der Waals surface area contributed by atoms with E-state index in [1.807, 2.05) is 12.1 Å². The van der Waals surface area contributed by atoms with Crippen LogP contribution in [0.2, 0.25) is 5.02 Å². The van der Waals surface area contributed by atoms with Crippen molar-refractivity contribution in [1.29, 1.82) is 0 Å². The first-order valence-corrected chi connectivity index (χ1v) is 9.81. The van der Waals surface area contributed by atoms with Gasteiger partial charge in [0, 0.05) is 31.6 Å². The van der Waals surface area contributed by atoms with E-state index in [9.17, 15) is 17.6 Å². The molecule has 0 saturated carbocycles. The van der Waals surface area contributed by atoms with Crippen LogP contribution in [0.5, 0.6) is 0 Å². The van der Waals surface area contributed by atoms with Gasteiger partial charge in [-0.15, -0.1) is 0 Å². The molecule has 8 heteroatoms. The quantitative estimate of drug-likeness (QED) is 0.779. The molecule has 1 N–H and O–H groups in total. The molecule has 2 aromatic carbocycles. The van der Waals surface area contributed by atoms with Crippen LogP contribution in [0, 0.1) is 12.7 Å². The molecule has 2 aromatic rings. The van der Waals surface area contributed by atoms with Gasteiger partial charge in [-0.05, 0) is 42.3 Å². The Morgan fingerprint density at radius 1 is 1.23 bits per heavy atom. The number of nitrogens with zero attached hydrogens (tertiary/aromatic N) is 1. The highest BCUT2D eigenvalue weighted by Gasteiger charge is 2.17. The predicted octanol–water partition coefficient (Wildman–Crippen LogP) is 3.11. The number of hydrogen-bond donors (Lipinski definition) is 1. The van der Waals surface area contributed by atoms with E-state index in [2.05, 4.69) is 4.72 Å². The third-order valence-corrected chi connectivity index (χ3v) is 5.71. The van der Waals surface area contributed by atoms with Crippen LogP contribution in [0.4, 0.5) is 4.39 Å². The van der Waals surface area contributed by atoms with Gasteiger partial charge < -0.3 is 4.90 Å². The molecule has 0 aliphatic rings. The number of carbonyl (C=O) groups is 1. The third kappa shape index (κ3) is 5.27. The Morgan fingerprint density at radius 2 is 1.92 bits per heavy atom. The summed E-state index contributed by atoms with van der Waals surface area (Å²) in [4.78, 5) is 13.3. The van der Waals surface area contributed by atoms with Gasteiger partial charge in [0.15, 0.2) is 0 Å². The van der Waals surface area contributed by atoms with Crippen molar-refractivity contribution in [2.75, 3.05) is 13.1 Å². The average Bonchev–Trinajstić information content (AvgIpc) is 2.57. The number of carbonyl (C=O) groups excluding carboxylic acids is 1. The van der Waals surface area contributed by atoms with Crippen molar-refractivity contribution in [3.8, 4) is 0 Å². The first-order chi connectivity index (χ1) is 12.2. The summed E-state index contributed by atoms with van der Waals surface area (Å²) in [6, 6.07) is 10.7. The number of sulfonamides is 1. The summed E-state index contributed by atoms with van der Waals surface area (Å²) in [5.41, 5.74) is 1.03. The lowest BCUT2D eigenvalue weighted by Crippen LogP contribution is -2.37. The highest BCUT2D eigenvalue weighted by atomic mass is 35.5. The molecular formula is C18H20ClFN2O3S. The van der Waals surface area contributed by atoms with Gasteiger partial charge in [0.25, 0.3) is 0 Å². The van der Waals surface area contributed by atoms with Crippen LogP contribution in [-0.2, 0) is 21.4 Å². The number of halogens is 2. The van der Waals surface area contributed by atoms with Crippen molar-refractivity contribution < 1.29 is 17.6 Å². The van der Waals surface area contributed by atoms with Crippen molar-refractivity contribution in [3.05, 3.63) is 64.4 Å². The number of aryl methyl sites for hydroxylation is 1. The summed E-state index contributed by atoms with van der Waals surface area (Å²) in [5, 5.41) is 0.543. The standard InChI is InChI=1S/C18H20ClFN2O3S/c1-13-11-16(7-8-18(13)20)26(24,25)21-9-10-22(14(2)23)12-15-5-3-4-6-17(15)19/h3-8,11,21H,9-10,12H2,1-2H3. The number of rotatable bonds is 7. The topological polar surface area (TPSA) is 66.5 Å². The maximum atomic E-state index is 13.3. The molecule has 140 valence electrons. The molecule has 1 amide bonds. The highest BCUT2D eigenvalue weighted by molar-refractivity contribution is 7.89. The van der Waals surface area contributed by atoms with Crippen LogP contribution in [0.15, 0.2) is 47.4 Å². The second-order valence-electron chi connectivity index (χ2n) is 5.84. The Kier molecular flexibility index (Phi) is 6.75. The molecule has 0 radical (unpaired) electrons. The minimum atomic E-state index is -3.78. The molecule has 2 rings (SSSR count). The van der Waals surface area contributed by atoms with E-state index in [-0.39, 0.29) is 36.0 Å². The van der Waals surface area contributed by atoms with E-state index in [0.717, 1.165) is 11.6 Å². The van der Waals surface area contributed by atoms with Crippen molar-refractivity contribution in [1.82, 2.24) is 9.62 Å². The lowest BCUT2D eigenvalue weighted by atomic mass is 10.2. The van der Waals surface area contributed by atoms with Crippen molar-refractivity contribution in [3.63, 3.8) is 0 Å². The van der Waals surface area contributed by atoms with Gasteiger partial charge in [-0.25, -0.2) is 17.5 Å². The predicted molar refractivity (Wildman–Crippen MR) is 98.9 cm³/mol. The Bertz CT molecular complexity index is 903. The average molecular weight is 399 g/mol. The number of amides is 1. The van der Waals surface area contributed by atoms with Gasteiger partial charge in [0.05, 0.1) is 4.90 Å². The largest absolute Gasteiger partial charge is 0.337 e. The Morgan fingerprint density at radius 3 is 2.54 bits per heavy atom. The lowest BCUT2D eigenvalue weighted by molar-refractivity contribution is -0.129. The van der Waals surface area contributed by atoms with Gasteiger partial charge in [-0.2, -0.15) is 0 Å².